The number of para-hydroxylation sites is 1. The van der Waals surface area contributed by atoms with Crippen LogP contribution < -0.4 is 15.6 Å². The minimum absolute atomic E-state index is 0.0384. The number of rotatable bonds is 3. The van der Waals surface area contributed by atoms with E-state index in [9.17, 15) is 9.59 Å². The summed E-state index contributed by atoms with van der Waals surface area (Å²) in [6.45, 7) is 0. The number of pyridine rings is 1. The normalized spacial score (nSPS) is 21.5. The maximum atomic E-state index is 13.1. The Labute approximate surface area is 140 Å². The molecule has 0 unspecified atom stereocenters. The maximum absolute atomic E-state index is 13.1. The van der Waals surface area contributed by atoms with Crippen LogP contribution in [0.1, 0.15) is 47.6 Å². The van der Waals surface area contributed by atoms with E-state index in [1.165, 1.54) is 6.07 Å². The quantitative estimate of drug-likeness (QED) is 0.882. The second kappa shape index (κ2) is 5.82. The van der Waals surface area contributed by atoms with Crippen molar-refractivity contribution in [1.82, 2.24) is 4.57 Å². The molecule has 124 valence electrons. The number of ketones is 1. The van der Waals surface area contributed by atoms with Crippen LogP contribution in [-0.2, 0) is 0 Å². The number of fused-ring (bicyclic) bond motifs is 3. The van der Waals surface area contributed by atoms with E-state index in [1.807, 2.05) is 12.1 Å². The summed E-state index contributed by atoms with van der Waals surface area (Å²) in [7, 11) is 1.55. The van der Waals surface area contributed by atoms with Crippen LogP contribution in [0.3, 0.4) is 0 Å². The zero-order valence-corrected chi connectivity index (χ0v) is 13.6. The largest absolute Gasteiger partial charge is 0.496 e. The lowest BCUT2D eigenvalue weighted by molar-refractivity contribution is 0.103. The van der Waals surface area contributed by atoms with Crippen LogP contribution >= 0.6 is 0 Å². The summed E-state index contributed by atoms with van der Waals surface area (Å²) in [5, 5.41) is 3.44. The molecule has 1 N–H and O–H groups in total. The second-order valence-corrected chi connectivity index (χ2v) is 6.44. The van der Waals surface area contributed by atoms with E-state index >= 15 is 0 Å². The molecule has 1 aliphatic carbocycles. The lowest BCUT2D eigenvalue weighted by atomic mass is 9.91. The fourth-order valence-electron chi connectivity index (χ4n) is 3.96. The minimum Gasteiger partial charge on any atom is -0.496 e. The number of hydrogen-bond donors (Lipinski definition) is 1. The number of ether oxygens (including phenoxy) is 1. The number of benzene rings is 1. The van der Waals surface area contributed by atoms with Gasteiger partial charge < -0.3 is 10.1 Å². The number of methoxy groups -OCH3 is 1. The zero-order valence-electron chi connectivity index (χ0n) is 13.6. The number of hydrogen-bond acceptors (Lipinski definition) is 4. The molecule has 0 bridgehead atoms. The van der Waals surface area contributed by atoms with E-state index in [-0.39, 0.29) is 23.4 Å². The van der Waals surface area contributed by atoms with Gasteiger partial charge in [-0.1, -0.05) is 25.0 Å². The van der Waals surface area contributed by atoms with Crippen molar-refractivity contribution in [2.45, 2.75) is 37.8 Å². The molecule has 2 heterocycles. The standard InChI is InChI=1S/C19H20N2O3/c1-24-16-9-5-2-6-12(16)18(23)13-10-11-17(22)21-15-8-4-3-7-14(15)20-19(13)21/h2,5-6,9-11,14-15,20H,3-4,7-8H2,1H3/t14-,15+/m1/s1. The van der Waals surface area contributed by atoms with Gasteiger partial charge >= 0.3 is 0 Å². The fourth-order valence-corrected chi connectivity index (χ4v) is 3.96. The molecule has 2 aliphatic rings. The first-order valence-corrected chi connectivity index (χ1v) is 8.40. The molecule has 1 aliphatic heterocycles. The molecule has 0 amide bonds. The second-order valence-electron chi connectivity index (χ2n) is 6.44. The van der Waals surface area contributed by atoms with Crippen molar-refractivity contribution < 1.29 is 9.53 Å². The molecule has 0 radical (unpaired) electrons. The van der Waals surface area contributed by atoms with Crippen LogP contribution in [0.25, 0.3) is 0 Å². The molecule has 1 aromatic heterocycles. The van der Waals surface area contributed by atoms with E-state index in [2.05, 4.69) is 5.32 Å². The summed E-state index contributed by atoms with van der Waals surface area (Å²) >= 11 is 0. The molecule has 5 heteroatoms. The Bertz CT molecular complexity index is 856. The average molecular weight is 324 g/mol. The highest BCUT2D eigenvalue weighted by molar-refractivity contribution is 6.13. The van der Waals surface area contributed by atoms with Gasteiger partial charge in [0.1, 0.15) is 11.6 Å². The lowest BCUT2D eigenvalue weighted by Crippen LogP contribution is -2.29. The summed E-state index contributed by atoms with van der Waals surface area (Å²) in [5.74, 6) is 1.08. The van der Waals surface area contributed by atoms with E-state index in [0.29, 0.717) is 22.7 Å². The van der Waals surface area contributed by atoms with Crippen LogP contribution in [0.2, 0.25) is 0 Å². The van der Waals surface area contributed by atoms with Gasteiger partial charge in [-0.15, -0.1) is 0 Å². The van der Waals surface area contributed by atoms with Gasteiger partial charge in [-0.2, -0.15) is 0 Å². The van der Waals surface area contributed by atoms with Gasteiger partial charge in [-0.05, 0) is 31.0 Å². The van der Waals surface area contributed by atoms with Gasteiger partial charge in [0.25, 0.3) is 5.56 Å². The lowest BCUT2D eigenvalue weighted by Gasteiger charge is -2.25. The van der Waals surface area contributed by atoms with Gasteiger partial charge in [-0.3, -0.25) is 14.2 Å². The Morgan fingerprint density at radius 2 is 1.92 bits per heavy atom. The van der Waals surface area contributed by atoms with E-state index in [1.54, 1.807) is 29.9 Å². The van der Waals surface area contributed by atoms with E-state index in [4.69, 9.17) is 4.74 Å². The molecule has 1 aromatic carbocycles. The van der Waals surface area contributed by atoms with Crippen molar-refractivity contribution in [2.75, 3.05) is 12.4 Å². The highest BCUT2D eigenvalue weighted by Gasteiger charge is 2.36. The third kappa shape index (κ3) is 2.23. The van der Waals surface area contributed by atoms with Crippen molar-refractivity contribution in [3.05, 3.63) is 57.9 Å². The fraction of sp³-hybridized carbons (Fsp3) is 0.368. The highest BCUT2D eigenvalue weighted by atomic mass is 16.5. The minimum atomic E-state index is -0.123. The van der Waals surface area contributed by atoms with Gasteiger partial charge in [0.05, 0.1) is 24.3 Å². The Morgan fingerprint density at radius 3 is 2.75 bits per heavy atom. The number of carbonyl (C=O) groups excluding carboxylic acids is 1. The highest BCUT2D eigenvalue weighted by Crippen LogP contribution is 2.39. The van der Waals surface area contributed by atoms with Crippen LogP contribution in [-0.4, -0.2) is 23.5 Å². The summed E-state index contributed by atoms with van der Waals surface area (Å²) in [6, 6.07) is 10.7. The van der Waals surface area contributed by atoms with Gasteiger partial charge in [-0.25, -0.2) is 0 Å². The molecular formula is C19H20N2O3. The number of aromatic nitrogens is 1. The maximum Gasteiger partial charge on any atom is 0.252 e. The molecule has 1 fully saturated rings. The van der Waals surface area contributed by atoms with Crippen LogP contribution in [0.5, 0.6) is 5.75 Å². The molecule has 4 rings (SSSR count). The molecule has 5 nitrogen and oxygen atoms in total. The number of anilines is 1. The zero-order chi connectivity index (χ0) is 16.7. The number of nitrogens with zero attached hydrogens (tertiary/aromatic N) is 1. The predicted molar refractivity (Wildman–Crippen MR) is 92.0 cm³/mol. The van der Waals surface area contributed by atoms with Gasteiger partial charge in [0.2, 0.25) is 0 Å². The van der Waals surface area contributed by atoms with Crippen LogP contribution in [0, 0.1) is 0 Å². The van der Waals surface area contributed by atoms with E-state index < -0.39 is 0 Å². The summed E-state index contributed by atoms with van der Waals surface area (Å²) in [4.78, 5) is 25.5. The molecule has 0 spiro atoms. The Morgan fingerprint density at radius 1 is 1.12 bits per heavy atom. The Kier molecular flexibility index (Phi) is 3.63. The van der Waals surface area contributed by atoms with Crippen molar-refractivity contribution >= 4 is 11.6 Å². The van der Waals surface area contributed by atoms with Gasteiger partial charge in [0, 0.05) is 12.1 Å². The predicted octanol–water partition coefficient (Wildman–Crippen LogP) is 3.00. The third-order valence-corrected chi connectivity index (χ3v) is 5.11. The molecular weight excluding hydrogens is 304 g/mol. The first-order chi connectivity index (χ1) is 11.7. The Hall–Kier alpha value is -2.56. The number of carbonyl (C=O) groups is 1. The topological polar surface area (TPSA) is 60.3 Å². The molecule has 1 saturated carbocycles. The summed E-state index contributed by atoms with van der Waals surface area (Å²) < 4.78 is 7.10. The van der Waals surface area contributed by atoms with Crippen molar-refractivity contribution in [2.24, 2.45) is 0 Å². The summed E-state index contributed by atoms with van der Waals surface area (Å²) in [6.07, 6.45) is 4.30. The first kappa shape index (κ1) is 15.0. The van der Waals surface area contributed by atoms with Crippen molar-refractivity contribution in [1.29, 1.82) is 0 Å². The average Bonchev–Trinajstić information content (AvgIpc) is 3.01. The van der Waals surface area contributed by atoms with Crippen LogP contribution in [0.4, 0.5) is 5.82 Å². The van der Waals surface area contributed by atoms with Crippen molar-refractivity contribution in [3.63, 3.8) is 0 Å². The third-order valence-electron chi connectivity index (χ3n) is 5.11. The SMILES string of the molecule is COc1ccccc1C(=O)c1ccc(=O)n2c1N[C@@H]1CCCC[C@@H]12. The molecule has 24 heavy (non-hydrogen) atoms. The number of nitrogens with one attached hydrogen (secondary N) is 1. The van der Waals surface area contributed by atoms with Gasteiger partial charge in [0.15, 0.2) is 5.78 Å². The van der Waals surface area contributed by atoms with Crippen molar-refractivity contribution in [3.8, 4) is 5.75 Å². The van der Waals surface area contributed by atoms with Crippen LogP contribution in [0.15, 0.2) is 41.2 Å². The molecule has 0 saturated heterocycles. The van der Waals surface area contributed by atoms with E-state index in [0.717, 1.165) is 25.7 Å². The molecule has 2 atom stereocenters. The first-order valence-electron chi connectivity index (χ1n) is 8.40. The monoisotopic (exact) mass is 324 g/mol. The Balaban J connectivity index is 1.82. The smallest absolute Gasteiger partial charge is 0.252 e. The summed E-state index contributed by atoms with van der Waals surface area (Å²) in [5.41, 5.74) is 1.01. The molecule has 2 aromatic rings.